The number of fused-ring (bicyclic) bond motifs is 1. The second-order valence-electron chi connectivity index (χ2n) is 5.60. The summed E-state index contributed by atoms with van der Waals surface area (Å²) in [5.41, 5.74) is 5.51. The molecule has 1 aromatic heterocycles. The van der Waals surface area contributed by atoms with Gasteiger partial charge in [-0.15, -0.1) is 0 Å². The zero-order valence-corrected chi connectivity index (χ0v) is 15.9. The summed E-state index contributed by atoms with van der Waals surface area (Å²) in [6.07, 6.45) is 0. The number of rotatable bonds is 2. The fourth-order valence-corrected chi connectivity index (χ4v) is 4.13. The summed E-state index contributed by atoms with van der Waals surface area (Å²) >= 11 is 7.12. The lowest BCUT2D eigenvalue weighted by Crippen LogP contribution is -1.87. The molecule has 0 aliphatic rings. The summed E-state index contributed by atoms with van der Waals surface area (Å²) in [6, 6.07) is 27.2. The van der Waals surface area contributed by atoms with Gasteiger partial charge in [-0.3, -0.25) is 0 Å². The number of hydrogen-bond acceptors (Lipinski definition) is 1. The highest BCUT2D eigenvalue weighted by molar-refractivity contribution is 9.11. The lowest BCUT2D eigenvalue weighted by atomic mass is 10.0. The van der Waals surface area contributed by atoms with Crippen molar-refractivity contribution in [2.75, 3.05) is 0 Å². The summed E-state index contributed by atoms with van der Waals surface area (Å²) in [6.45, 7) is 0. The van der Waals surface area contributed by atoms with Gasteiger partial charge >= 0.3 is 0 Å². The molecule has 0 atom stereocenters. The summed E-state index contributed by atoms with van der Waals surface area (Å²) in [5.74, 6) is 0. The third kappa shape index (κ3) is 3.02. The highest BCUT2D eigenvalue weighted by Gasteiger charge is 2.06. The predicted molar refractivity (Wildman–Crippen MR) is 108 cm³/mol. The van der Waals surface area contributed by atoms with Crippen molar-refractivity contribution in [3.05, 3.63) is 87.8 Å². The monoisotopic (exact) mass is 437 g/mol. The first-order chi connectivity index (χ1) is 11.7. The third-order valence-corrected chi connectivity index (χ3v) is 5.06. The molecule has 3 heteroatoms. The van der Waals surface area contributed by atoms with Crippen molar-refractivity contribution in [1.82, 2.24) is 4.98 Å². The minimum atomic E-state index is 0.975. The minimum Gasteiger partial charge on any atom is -0.247 e. The Bertz CT molecular complexity index is 1010. The van der Waals surface area contributed by atoms with Gasteiger partial charge < -0.3 is 0 Å². The van der Waals surface area contributed by atoms with E-state index >= 15 is 0 Å². The first kappa shape index (κ1) is 15.6. The Kier molecular flexibility index (Phi) is 4.21. The fraction of sp³-hybridized carbons (Fsp3) is 0. The topological polar surface area (TPSA) is 12.9 Å². The van der Waals surface area contributed by atoms with E-state index < -0.39 is 0 Å². The molecular formula is C21H13Br2N. The Labute approximate surface area is 157 Å². The van der Waals surface area contributed by atoms with Crippen LogP contribution in [0, 0.1) is 0 Å². The SMILES string of the molecule is Brc1cc(Br)c2nc(-c3ccc(-c4ccccc4)cc3)ccc2c1. The van der Waals surface area contributed by atoms with Crippen LogP contribution in [-0.4, -0.2) is 4.98 Å². The second-order valence-corrected chi connectivity index (χ2v) is 7.37. The van der Waals surface area contributed by atoms with Gasteiger partial charge in [0.2, 0.25) is 0 Å². The van der Waals surface area contributed by atoms with Crippen molar-refractivity contribution in [2.45, 2.75) is 0 Å². The quantitative estimate of drug-likeness (QED) is 0.325. The zero-order chi connectivity index (χ0) is 16.5. The standard InChI is InChI=1S/C21H13Br2N/c22-18-12-17-10-11-20(24-21(17)19(23)13-18)16-8-6-15(7-9-16)14-4-2-1-3-5-14/h1-13H. The van der Waals surface area contributed by atoms with E-state index in [1.807, 2.05) is 12.1 Å². The molecule has 0 aliphatic heterocycles. The fourth-order valence-electron chi connectivity index (χ4n) is 2.78. The number of pyridine rings is 1. The Balaban J connectivity index is 1.75. The molecule has 0 aliphatic carbocycles. The third-order valence-electron chi connectivity index (χ3n) is 4.00. The molecule has 116 valence electrons. The van der Waals surface area contributed by atoms with Crippen molar-refractivity contribution in [2.24, 2.45) is 0 Å². The van der Waals surface area contributed by atoms with Gasteiger partial charge in [0.1, 0.15) is 0 Å². The maximum absolute atomic E-state index is 4.82. The summed E-state index contributed by atoms with van der Waals surface area (Å²) in [5, 5.41) is 1.11. The Hall–Kier alpha value is -1.97. The summed E-state index contributed by atoms with van der Waals surface area (Å²) in [7, 11) is 0. The second kappa shape index (κ2) is 6.50. The van der Waals surface area contributed by atoms with Gasteiger partial charge in [-0.05, 0) is 45.3 Å². The van der Waals surface area contributed by atoms with E-state index in [4.69, 9.17) is 4.98 Å². The van der Waals surface area contributed by atoms with Gasteiger partial charge in [0, 0.05) is 19.9 Å². The Morgan fingerprint density at radius 1 is 0.625 bits per heavy atom. The van der Waals surface area contributed by atoms with Crippen molar-refractivity contribution in [3.8, 4) is 22.4 Å². The van der Waals surface area contributed by atoms with E-state index in [9.17, 15) is 0 Å². The molecule has 1 nitrogen and oxygen atoms in total. The molecule has 0 spiro atoms. The van der Waals surface area contributed by atoms with E-state index in [0.717, 1.165) is 31.1 Å². The highest BCUT2D eigenvalue weighted by atomic mass is 79.9. The largest absolute Gasteiger partial charge is 0.247 e. The first-order valence-electron chi connectivity index (χ1n) is 7.62. The van der Waals surface area contributed by atoms with E-state index in [-0.39, 0.29) is 0 Å². The van der Waals surface area contributed by atoms with Crippen LogP contribution in [0.5, 0.6) is 0 Å². The normalized spacial score (nSPS) is 10.9. The molecule has 4 aromatic rings. The molecule has 0 N–H and O–H groups in total. The van der Waals surface area contributed by atoms with E-state index in [1.54, 1.807) is 0 Å². The average molecular weight is 439 g/mol. The predicted octanol–water partition coefficient (Wildman–Crippen LogP) is 7.09. The van der Waals surface area contributed by atoms with Crippen LogP contribution in [0.2, 0.25) is 0 Å². The molecule has 0 radical (unpaired) electrons. The first-order valence-corrected chi connectivity index (χ1v) is 9.21. The van der Waals surface area contributed by atoms with Gasteiger partial charge in [-0.25, -0.2) is 4.98 Å². The van der Waals surface area contributed by atoms with Crippen molar-refractivity contribution >= 4 is 42.8 Å². The summed E-state index contributed by atoms with van der Waals surface area (Å²) < 4.78 is 2.04. The van der Waals surface area contributed by atoms with Crippen molar-refractivity contribution in [3.63, 3.8) is 0 Å². The van der Waals surface area contributed by atoms with Crippen LogP contribution in [0.15, 0.2) is 87.8 Å². The average Bonchev–Trinajstić information content (AvgIpc) is 2.62. The number of benzene rings is 3. The van der Waals surface area contributed by atoms with Crippen LogP contribution in [0.3, 0.4) is 0 Å². The molecule has 0 bridgehead atoms. The van der Waals surface area contributed by atoms with Crippen LogP contribution in [0.1, 0.15) is 0 Å². The van der Waals surface area contributed by atoms with Gasteiger partial charge in [-0.2, -0.15) is 0 Å². The molecule has 0 saturated carbocycles. The molecule has 0 amide bonds. The lowest BCUT2D eigenvalue weighted by Gasteiger charge is -2.07. The van der Waals surface area contributed by atoms with E-state index in [2.05, 4.69) is 98.6 Å². The molecule has 0 unspecified atom stereocenters. The highest BCUT2D eigenvalue weighted by Crippen LogP contribution is 2.30. The van der Waals surface area contributed by atoms with Crippen molar-refractivity contribution in [1.29, 1.82) is 0 Å². The maximum atomic E-state index is 4.82. The summed E-state index contributed by atoms with van der Waals surface area (Å²) in [4.78, 5) is 4.82. The van der Waals surface area contributed by atoms with E-state index in [0.29, 0.717) is 0 Å². The molecule has 4 rings (SSSR count). The Morgan fingerprint density at radius 3 is 2.04 bits per heavy atom. The number of nitrogens with zero attached hydrogens (tertiary/aromatic N) is 1. The zero-order valence-electron chi connectivity index (χ0n) is 12.7. The minimum absolute atomic E-state index is 0.975. The van der Waals surface area contributed by atoms with Gasteiger partial charge in [0.25, 0.3) is 0 Å². The number of aromatic nitrogens is 1. The number of hydrogen-bond donors (Lipinski definition) is 0. The van der Waals surface area contributed by atoms with Gasteiger partial charge in [-0.1, -0.05) is 76.6 Å². The van der Waals surface area contributed by atoms with Gasteiger partial charge in [0.05, 0.1) is 11.2 Å². The molecule has 24 heavy (non-hydrogen) atoms. The smallest absolute Gasteiger partial charge is 0.0852 e. The Morgan fingerprint density at radius 2 is 1.29 bits per heavy atom. The molecule has 0 fully saturated rings. The van der Waals surface area contributed by atoms with E-state index in [1.165, 1.54) is 11.1 Å². The lowest BCUT2D eigenvalue weighted by molar-refractivity contribution is 1.39. The van der Waals surface area contributed by atoms with Crippen LogP contribution < -0.4 is 0 Å². The maximum Gasteiger partial charge on any atom is 0.0852 e. The van der Waals surface area contributed by atoms with Crippen LogP contribution in [0.4, 0.5) is 0 Å². The number of halogens is 2. The molecule has 3 aromatic carbocycles. The van der Waals surface area contributed by atoms with Crippen LogP contribution >= 0.6 is 31.9 Å². The van der Waals surface area contributed by atoms with Crippen molar-refractivity contribution < 1.29 is 0 Å². The van der Waals surface area contributed by atoms with Gasteiger partial charge in [0.15, 0.2) is 0 Å². The molecule has 0 saturated heterocycles. The molecule has 1 heterocycles. The molecular weight excluding hydrogens is 426 g/mol. The van der Waals surface area contributed by atoms with Crippen LogP contribution in [0.25, 0.3) is 33.3 Å². The van der Waals surface area contributed by atoms with Crippen LogP contribution in [-0.2, 0) is 0 Å².